The van der Waals surface area contributed by atoms with E-state index in [2.05, 4.69) is 5.32 Å². The second-order valence-corrected chi connectivity index (χ2v) is 9.91. The number of fused-ring (bicyclic) bond motifs is 1. The van der Waals surface area contributed by atoms with E-state index in [4.69, 9.17) is 9.47 Å². The van der Waals surface area contributed by atoms with Gasteiger partial charge in [-0.3, -0.25) is 4.79 Å². The highest BCUT2D eigenvalue weighted by Gasteiger charge is 2.54. The van der Waals surface area contributed by atoms with Crippen molar-refractivity contribution in [3.63, 3.8) is 0 Å². The van der Waals surface area contributed by atoms with Crippen molar-refractivity contribution in [2.24, 2.45) is 5.92 Å². The summed E-state index contributed by atoms with van der Waals surface area (Å²) in [6, 6.07) is 9.40. The molecule has 1 N–H and O–H groups in total. The van der Waals surface area contributed by atoms with E-state index >= 15 is 0 Å². The molecule has 2 atom stereocenters. The van der Waals surface area contributed by atoms with Crippen LogP contribution in [0.4, 0.5) is 4.79 Å². The van der Waals surface area contributed by atoms with Gasteiger partial charge < -0.3 is 14.8 Å². The summed E-state index contributed by atoms with van der Waals surface area (Å²) in [6.07, 6.45) is 1.79. The maximum Gasteiger partial charge on any atom is 0.408 e. The maximum absolute atomic E-state index is 14.1. The molecule has 0 aliphatic carbocycles. The predicted octanol–water partition coefficient (Wildman–Crippen LogP) is 3.43. The maximum atomic E-state index is 14.1. The van der Waals surface area contributed by atoms with E-state index in [0.717, 1.165) is 5.56 Å². The number of rotatable bonds is 6. The first kappa shape index (κ1) is 24.8. The Morgan fingerprint density at radius 2 is 1.88 bits per heavy atom. The van der Waals surface area contributed by atoms with Gasteiger partial charge in [0.25, 0.3) is 5.91 Å². The van der Waals surface area contributed by atoms with Crippen LogP contribution in [0.15, 0.2) is 42.1 Å². The van der Waals surface area contributed by atoms with Gasteiger partial charge in [-0.1, -0.05) is 44.2 Å². The summed E-state index contributed by atoms with van der Waals surface area (Å²) in [4.78, 5) is 39.7. The monoisotopic (exact) mass is 457 g/mol. The standard InChI is InChI=1S/C25H35N3O5/c1-7-32-21(29)20-15-19(17(2)3)27-14-13-25(22(30)28(20)27,16-18-11-9-8-10-12-18)26-23(31)33-24(4,5)6/h8-12,15,17,19H,7,13-14,16H2,1-6H3,(H,26,31). The van der Waals surface area contributed by atoms with E-state index in [1.807, 2.05) is 49.2 Å². The fraction of sp³-hybridized carbons (Fsp3) is 0.560. The van der Waals surface area contributed by atoms with E-state index in [0.29, 0.717) is 13.0 Å². The molecule has 0 saturated carbocycles. The van der Waals surface area contributed by atoms with Crippen molar-refractivity contribution in [3.8, 4) is 0 Å². The minimum Gasteiger partial charge on any atom is -0.461 e. The second kappa shape index (κ2) is 9.55. The van der Waals surface area contributed by atoms with Crippen LogP contribution in [0.25, 0.3) is 0 Å². The van der Waals surface area contributed by atoms with Crippen molar-refractivity contribution in [2.75, 3.05) is 13.2 Å². The minimum atomic E-state index is -1.27. The molecule has 0 radical (unpaired) electrons. The van der Waals surface area contributed by atoms with Crippen LogP contribution >= 0.6 is 0 Å². The Kier molecular flexibility index (Phi) is 7.17. The van der Waals surface area contributed by atoms with Crippen molar-refractivity contribution in [3.05, 3.63) is 47.7 Å². The summed E-state index contributed by atoms with van der Waals surface area (Å²) < 4.78 is 10.7. The molecule has 33 heavy (non-hydrogen) atoms. The zero-order valence-corrected chi connectivity index (χ0v) is 20.4. The lowest BCUT2D eigenvalue weighted by molar-refractivity contribution is -0.166. The molecular weight excluding hydrogens is 422 g/mol. The molecule has 1 aromatic rings. The molecule has 2 aliphatic heterocycles. The Morgan fingerprint density at radius 1 is 1.21 bits per heavy atom. The van der Waals surface area contributed by atoms with Gasteiger partial charge in [0.05, 0.1) is 12.6 Å². The molecule has 0 aromatic heterocycles. The van der Waals surface area contributed by atoms with Crippen molar-refractivity contribution in [1.29, 1.82) is 0 Å². The van der Waals surface area contributed by atoms with Gasteiger partial charge in [-0.05, 0) is 51.7 Å². The summed E-state index contributed by atoms with van der Waals surface area (Å²) in [6.45, 7) is 11.8. The third-order valence-electron chi connectivity index (χ3n) is 5.78. The molecule has 1 fully saturated rings. The van der Waals surface area contributed by atoms with Crippen LogP contribution < -0.4 is 5.32 Å². The van der Waals surface area contributed by atoms with Crippen molar-refractivity contribution in [1.82, 2.24) is 15.3 Å². The molecule has 3 rings (SSSR count). The largest absolute Gasteiger partial charge is 0.461 e. The highest BCUT2D eigenvalue weighted by Crippen LogP contribution is 2.37. The number of benzene rings is 1. The van der Waals surface area contributed by atoms with Crippen LogP contribution in [-0.2, 0) is 25.5 Å². The Morgan fingerprint density at radius 3 is 2.45 bits per heavy atom. The quantitative estimate of drug-likeness (QED) is 0.659. The molecule has 2 heterocycles. The zero-order valence-electron chi connectivity index (χ0n) is 20.4. The molecule has 0 bridgehead atoms. The van der Waals surface area contributed by atoms with Crippen LogP contribution in [0.2, 0.25) is 0 Å². The molecule has 2 aliphatic rings. The Hall–Kier alpha value is -2.87. The number of nitrogens with zero attached hydrogens (tertiary/aromatic N) is 2. The van der Waals surface area contributed by atoms with E-state index in [9.17, 15) is 14.4 Å². The van der Waals surface area contributed by atoms with Crippen LogP contribution in [0.3, 0.4) is 0 Å². The summed E-state index contributed by atoms with van der Waals surface area (Å²) in [5, 5.41) is 6.19. The fourth-order valence-electron chi connectivity index (χ4n) is 4.34. The van der Waals surface area contributed by atoms with Crippen molar-refractivity contribution >= 4 is 18.0 Å². The van der Waals surface area contributed by atoms with Gasteiger partial charge in [0.1, 0.15) is 16.8 Å². The highest BCUT2D eigenvalue weighted by atomic mass is 16.6. The van der Waals surface area contributed by atoms with Gasteiger partial charge in [-0.2, -0.15) is 0 Å². The van der Waals surface area contributed by atoms with Crippen LogP contribution in [0.1, 0.15) is 53.5 Å². The van der Waals surface area contributed by atoms with Crippen molar-refractivity contribution < 1.29 is 23.9 Å². The number of carbonyl (C=O) groups excluding carboxylic acids is 3. The second-order valence-electron chi connectivity index (χ2n) is 9.91. The summed E-state index contributed by atoms with van der Waals surface area (Å²) in [5.41, 5.74) is -0.883. The summed E-state index contributed by atoms with van der Waals surface area (Å²) in [7, 11) is 0. The first-order valence-corrected chi connectivity index (χ1v) is 11.5. The van der Waals surface area contributed by atoms with Crippen LogP contribution in [-0.4, -0.2) is 58.3 Å². The Bertz CT molecular complexity index is 922. The number of hydrogen-bond donors (Lipinski definition) is 1. The fourth-order valence-corrected chi connectivity index (χ4v) is 4.34. The Balaban J connectivity index is 2.00. The number of carbonyl (C=O) groups is 3. The molecule has 2 unspecified atom stereocenters. The van der Waals surface area contributed by atoms with Gasteiger partial charge in [-0.25, -0.2) is 19.6 Å². The number of hydrazine groups is 1. The smallest absolute Gasteiger partial charge is 0.408 e. The summed E-state index contributed by atoms with van der Waals surface area (Å²) >= 11 is 0. The number of amides is 2. The van der Waals surface area contributed by atoms with Crippen LogP contribution in [0.5, 0.6) is 0 Å². The topological polar surface area (TPSA) is 88.2 Å². The van der Waals surface area contributed by atoms with E-state index in [1.54, 1.807) is 33.8 Å². The lowest BCUT2D eigenvalue weighted by Crippen LogP contribution is -2.69. The zero-order chi connectivity index (χ0) is 24.4. The van der Waals surface area contributed by atoms with Gasteiger partial charge >= 0.3 is 12.1 Å². The third-order valence-corrected chi connectivity index (χ3v) is 5.78. The van der Waals surface area contributed by atoms with E-state index in [-0.39, 0.29) is 36.6 Å². The SMILES string of the molecule is CCOC(=O)C1=CC(C(C)C)N2CCC(Cc3ccccc3)(NC(=O)OC(C)(C)C)C(=O)N12. The normalized spacial score (nSPS) is 23.2. The average Bonchev–Trinajstić information content (AvgIpc) is 3.11. The number of alkyl carbamates (subject to hydrolysis) is 1. The average molecular weight is 458 g/mol. The molecule has 1 aromatic carbocycles. The van der Waals surface area contributed by atoms with Gasteiger partial charge in [0.2, 0.25) is 0 Å². The first-order valence-electron chi connectivity index (χ1n) is 11.5. The lowest BCUT2D eigenvalue weighted by atomic mass is 9.84. The predicted molar refractivity (Wildman–Crippen MR) is 124 cm³/mol. The number of hydrogen-bond acceptors (Lipinski definition) is 6. The molecule has 8 heteroatoms. The molecule has 180 valence electrons. The minimum absolute atomic E-state index is 0.121. The van der Waals surface area contributed by atoms with E-state index in [1.165, 1.54) is 5.01 Å². The molecule has 2 amide bonds. The number of nitrogens with one attached hydrogen (secondary N) is 1. The van der Waals surface area contributed by atoms with Crippen LogP contribution in [0, 0.1) is 5.92 Å². The molecule has 0 spiro atoms. The molecule has 8 nitrogen and oxygen atoms in total. The first-order chi connectivity index (χ1) is 15.5. The molecular formula is C25H35N3O5. The number of ether oxygens (including phenoxy) is 2. The van der Waals surface area contributed by atoms with Gasteiger partial charge in [0.15, 0.2) is 0 Å². The van der Waals surface area contributed by atoms with Gasteiger partial charge in [0, 0.05) is 13.0 Å². The van der Waals surface area contributed by atoms with Crippen molar-refractivity contribution in [2.45, 2.75) is 71.6 Å². The lowest BCUT2D eigenvalue weighted by Gasteiger charge is -2.47. The Labute approximate surface area is 195 Å². The van der Waals surface area contributed by atoms with Gasteiger partial charge in [-0.15, -0.1) is 0 Å². The van der Waals surface area contributed by atoms with E-state index < -0.39 is 23.2 Å². The third kappa shape index (κ3) is 5.38. The number of esters is 1. The molecule has 1 saturated heterocycles. The summed E-state index contributed by atoms with van der Waals surface area (Å²) in [5.74, 6) is -0.745. The highest BCUT2D eigenvalue weighted by molar-refractivity contribution is 5.99.